The van der Waals surface area contributed by atoms with Crippen molar-refractivity contribution in [2.24, 2.45) is 0 Å². The minimum atomic E-state index is -0.963. The Morgan fingerprint density at radius 2 is 1.46 bits per heavy atom. The largest absolute Gasteiger partial charge is 0.463 e. The third kappa shape index (κ3) is 17.5. The summed E-state index contributed by atoms with van der Waals surface area (Å²) in [6, 6.07) is 0. The van der Waals surface area contributed by atoms with Gasteiger partial charge in [-0.3, -0.25) is 4.79 Å². The number of hydrogen-bond donors (Lipinski definition) is 2. The zero-order chi connectivity index (χ0) is 17.9. The number of aliphatic hydroxyl groups excluding tert-OH is 2. The summed E-state index contributed by atoms with van der Waals surface area (Å²) >= 11 is 0. The van der Waals surface area contributed by atoms with Crippen molar-refractivity contribution in [2.45, 2.75) is 96.5 Å². The van der Waals surface area contributed by atoms with Crippen LogP contribution in [0, 0.1) is 0 Å². The normalized spacial score (nSPS) is 12.6. The van der Waals surface area contributed by atoms with Gasteiger partial charge in [-0.15, -0.1) is 0 Å². The summed E-state index contributed by atoms with van der Waals surface area (Å²) in [4.78, 5) is 11.4. The molecule has 0 saturated carbocycles. The zero-order valence-electron chi connectivity index (χ0n) is 15.5. The molecular weight excluding hydrogens is 304 g/mol. The predicted molar refractivity (Wildman–Crippen MR) is 98.9 cm³/mol. The van der Waals surface area contributed by atoms with Gasteiger partial charge < -0.3 is 14.9 Å². The topological polar surface area (TPSA) is 66.8 Å². The van der Waals surface area contributed by atoms with Gasteiger partial charge >= 0.3 is 5.97 Å². The summed E-state index contributed by atoms with van der Waals surface area (Å²) in [6.45, 7) is 1.76. The van der Waals surface area contributed by atoms with E-state index in [1.165, 1.54) is 51.4 Å². The molecule has 142 valence electrons. The van der Waals surface area contributed by atoms with Crippen molar-refractivity contribution < 1.29 is 19.7 Å². The van der Waals surface area contributed by atoms with E-state index < -0.39 is 6.10 Å². The molecule has 0 aliphatic carbocycles. The van der Waals surface area contributed by atoms with Crippen LogP contribution in [-0.2, 0) is 9.53 Å². The molecule has 24 heavy (non-hydrogen) atoms. The number of esters is 1. The maximum absolute atomic E-state index is 11.4. The highest BCUT2D eigenvalue weighted by Crippen LogP contribution is 2.09. The van der Waals surface area contributed by atoms with Gasteiger partial charge in [0.2, 0.25) is 0 Å². The number of allylic oxidation sites excluding steroid dienone is 2. The Labute approximate surface area is 148 Å². The highest BCUT2D eigenvalue weighted by atomic mass is 16.5. The fraction of sp³-hybridized carbons (Fsp3) is 0.850. The standard InChI is InChI=1S/C20H38O4/c1-2-3-4-5-6-7-8-9-10-11-12-13-14-15-16-20(23)24-18-19(22)17-21/h10-11,19,21-22H,2-9,12-18H2,1H3/b11-10-/t19-/m0/s1. The molecule has 0 rings (SSSR count). The summed E-state index contributed by atoms with van der Waals surface area (Å²) in [5, 5.41) is 17.7. The SMILES string of the molecule is CCCCCCCCC/C=C\CCCCCC(=O)OC[C@@H](O)CO. The quantitative estimate of drug-likeness (QED) is 0.231. The van der Waals surface area contributed by atoms with Crippen molar-refractivity contribution >= 4 is 5.97 Å². The minimum absolute atomic E-state index is 0.114. The summed E-state index contributed by atoms with van der Waals surface area (Å²) in [6.07, 6.45) is 18.7. The lowest BCUT2D eigenvalue weighted by atomic mass is 10.1. The van der Waals surface area contributed by atoms with E-state index in [-0.39, 0.29) is 19.2 Å². The zero-order valence-corrected chi connectivity index (χ0v) is 15.5. The third-order valence-electron chi connectivity index (χ3n) is 4.04. The third-order valence-corrected chi connectivity index (χ3v) is 4.04. The van der Waals surface area contributed by atoms with Gasteiger partial charge in [0.25, 0.3) is 0 Å². The van der Waals surface area contributed by atoms with Gasteiger partial charge in [0.05, 0.1) is 6.61 Å². The molecule has 0 fully saturated rings. The van der Waals surface area contributed by atoms with Gasteiger partial charge in [0.15, 0.2) is 0 Å². The van der Waals surface area contributed by atoms with Gasteiger partial charge in [0.1, 0.15) is 12.7 Å². The Bertz CT molecular complexity index is 302. The summed E-state index contributed by atoms with van der Waals surface area (Å²) in [5.74, 6) is -0.294. The van der Waals surface area contributed by atoms with Crippen LogP contribution >= 0.6 is 0 Å². The number of hydrogen-bond acceptors (Lipinski definition) is 4. The van der Waals surface area contributed by atoms with Gasteiger partial charge in [-0.1, -0.05) is 64.0 Å². The first kappa shape index (κ1) is 23.1. The maximum Gasteiger partial charge on any atom is 0.305 e. The Balaban J connectivity index is 3.25. The number of carbonyl (C=O) groups excluding carboxylic acids is 1. The van der Waals surface area contributed by atoms with Gasteiger partial charge in [-0.25, -0.2) is 0 Å². The average Bonchev–Trinajstić information content (AvgIpc) is 2.59. The van der Waals surface area contributed by atoms with Crippen molar-refractivity contribution in [3.05, 3.63) is 12.2 Å². The molecule has 0 aliphatic heterocycles. The fourth-order valence-electron chi connectivity index (χ4n) is 2.48. The lowest BCUT2D eigenvalue weighted by molar-refractivity contribution is -0.147. The number of rotatable bonds is 17. The van der Waals surface area contributed by atoms with E-state index in [1.54, 1.807) is 0 Å². The lowest BCUT2D eigenvalue weighted by Gasteiger charge is -2.08. The van der Waals surface area contributed by atoms with E-state index in [1.807, 2.05) is 0 Å². The second-order valence-electron chi connectivity index (χ2n) is 6.50. The summed E-state index contributed by atoms with van der Waals surface area (Å²) in [5.41, 5.74) is 0. The molecule has 0 spiro atoms. The van der Waals surface area contributed by atoms with Crippen LogP contribution in [0.25, 0.3) is 0 Å². The molecule has 0 amide bonds. The molecule has 1 atom stereocenters. The monoisotopic (exact) mass is 342 g/mol. The van der Waals surface area contributed by atoms with Gasteiger partial charge in [-0.2, -0.15) is 0 Å². The molecule has 4 nitrogen and oxygen atoms in total. The molecule has 0 aromatic heterocycles. The van der Waals surface area contributed by atoms with Crippen LogP contribution in [0.5, 0.6) is 0 Å². The minimum Gasteiger partial charge on any atom is -0.463 e. The first-order valence-corrected chi connectivity index (χ1v) is 9.80. The van der Waals surface area contributed by atoms with Crippen LogP contribution in [0.4, 0.5) is 0 Å². The maximum atomic E-state index is 11.4. The van der Waals surface area contributed by atoms with E-state index in [0.717, 1.165) is 25.7 Å². The van der Waals surface area contributed by atoms with Crippen LogP contribution in [0.2, 0.25) is 0 Å². The van der Waals surface area contributed by atoms with Gasteiger partial charge in [-0.05, 0) is 32.1 Å². The highest BCUT2D eigenvalue weighted by molar-refractivity contribution is 5.69. The van der Waals surface area contributed by atoms with E-state index in [0.29, 0.717) is 6.42 Å². The number of aliphatic hydroxyl groups is 2. The van der Waals surface area contributed by atoms with Crippen LogP contribution < -0.4 is 0 Å². The number of carbonyl (C=O) groups is 1. The Hall–Kier alpha value is -0.870. The van der Waals surface area contributed by atoms with Crippen molar-refractivity contribution in [1.29, 1.82) is 0 Å². The second kappa shape index (κ2) is 18.5. The first-order chi connectivity index (χ1) is 11.7. The highest BCUT2D eigenvalue weighted by Gasteiger charge is 2.07. The molecule has 0 saturated heterocycles. The van der Waals surface area contributed by atoms with Crippen molar-refractivity contribution in [3.63, 3.8) is 0 Å². The Kier molecular flexibility index (Phi) is 17.8. The molecule has 2 N–H and O–H groups in total. The van der Waals surface area contributed by atoms with Crippen molar-refractivity contribution in [3.8, 4) is 0 Å². The van der Waals surface area contributed by atoms with Gasteiger partial charge in [0, 0.05) is 6.42 Å². The number of ether oxygens (including phenoxy) is 1. The predicted octanol–water partition coefficient (Wildman–Crippen LogP) is 4.53. The molecule has 0 heterocycles. The Morgan fingerprint density at radius 3 is 2.04 bits per heavy atom. The molecule has 0 aliphatic rings. The van der Waals surface area contributed by atoms with E-state index >= 15 is 0 Å². The summed E-state index contributed by atoms with van der Waals surface area (Å²) < 4.78 is 4.85. The smallest absolute Gasteiger partial charge is 0.305 e. The van der Waals surface area contributed by atoms with E-state index in [4.69, 9.17) is 14.9 Å². The fourth-order valence-corrected chi connectivity index (χ4v) is 2.48. The Morgan fingerprint density at radius 1 is 0.917 bits per heavy atom. The molecule has 4 heteroatoms. The lowest BCUT2D eigenvalue weighted by Crippen LogP contribution is -2.21. The molecule has 0 bridgehead atoms. The molecular formula is C20H38O4. The van der Waals surface area contributed by atoms with Crippen molar-refractivity contribution in [1.82, 2.24) is 0 Å². The molecule has 0 aromatic carbocycles. The second-order valence-corrected chi connectivity index (χ2v) is 6.50. The van der Waals surface area contributed by atoms with Crippen LogP contribution in [-0.4, -0.2) is 35.5 Å². The first-order valence-electron chi connectivity index (χ1n) is 9.80. The van der Waals surface area contributed by atoms with E-state index in [2.05, 4.69) is 19.1 Å². The van der Waals surface area contributed by atoms with Crippen molar-refractivity contribution in [2.75, 3.05) is 13.2 Å². The van der Waals surface area contributed by atoms with Crippen LogP contribution in [0.15, 0.2) is 12.2 Å². The van der Waals surface area contributed by atoms with Crippen LogP contribution in [0.3, 0.4) is 0 Å². The van der Waals surface area contributed by atoms with Crippen LogP contribution in [0.1, 0.15) is 90.4 Å². The molecule has 0 aromatic rings. The summed E-state index contributed by atoms with van der Waals surface area (Å²) in [7, 11) is 0. The van der Waals surface area contributed by atoms with E-state index in [9.17, 15) is 4.79 Å². The molecule has 0 radical (unpaired) electrons. The average molecular weight is 343 g/mol. The number of unbranched alkanes of at least 4 members (excludes halogenated alkanes) is 10. The molecule has 0 unspecified atom stereocenters.